The van der Waals surface area contributed by atoms with Gasteiger partial charge in [0.15, 0.2) is 0 Å². The minimum Gasteiger partial charge on any atom is -0.491 e. The van der Waals surface area contributed by atoms with Crippen LogP contribution in [0.5, 0.6) is 17.2 Å². The molecule has 0 saturated carbocycles. The van der Waals surface area contributed by atoms with Crippen LogP contribution >= 0.6 is 0 Å². The summed E-state index contributed by atoms with van der Waals surface area (Å²) in [7, 11) is 0. The van der Waals surface area contributed by atoms with Crippen molar-refractivity contribution in [3.63, 3.8) is 0 Å². The Morgan fingerprint density at radius 1 is 1.06 bits per heavy atom. The highest BCUT2D eigenvalue weighted by molar-refractivity contribution is 5.74. The molecule has 0 spiro atoms. The molecule has 1 aliphatic rings. The van der Waals surface area contributed by atoms with Gasteiger partial charge in [-0.3, -0.25) is 0 Å². The summed E-state index contributed by atoms with van der Waals surface area (Å²) in [6.07, 6.45) is 1.47. The Kier molecular flexibility index (Phi) is 6.36. The van der Waals surface area contributed by atoms with E-state index >= 15 is 0 Å². The number of carbonyl (C=O) groups excluding carboxylic acids is 1. The van der Waals surface area contributed by atoms with Crippen LogP contribution in [0.25, 0.3) is 0 Å². The molecule has 0 fully saturated rings. The minimum atomic E-state index is -0.296. The van der Waals surface area contributed by atoms with Gasteiger partial charge in [-0.2, -0.15) is 0 Å². The zero-order valence-electron chi connectivity index (χ0n) is 17.4. The Morgan fingerprint density at radius 3 is 2.52 bits per heavy atom. The van der Waals surface area contributed by atoms with Crippen molar-refractivity contribution in [1.29, 1.82) is 0 Å². The molecule has 3 aromatic rings. The maximum absolute atomic E-state index is 13.0. The van der Waals surface area contributed by atoms with E-state index in [0.29, 0.717) is 31.1 Å². The standard InChI is InChI=1S/C25H25FN2O3/c1-17-3-2-4-19-15-21(16-30-24(17)19)28-25(29)27-14-13-18-5-9-22(10-6-18)31-23-11-7-20(26)8-12-23/h2-12,21H,13-16H2,1H3,(H2,27,28,29). The molecular formula is C25H25FN2O3. The number of amides is 2. The van der Waals surface area contributed by atoms with Gasteiger partial charge in [-0.1, -0.05) is 30.3 Å². The summed E-state index contributed by atoms with van der Waals surface area (Å²) >= 11 is 0. The maximum atomic E-state index is 13.0. The fourth-order valence-electron chi connectivity index (χ4n) is 3.60. The number of ether oxygens (including phenoxy) is 2. The number of fused-ring (bicyclic) bond motifs is 1. The number of para-hydroxylation sites is 1. The number of hydrogen-bond donors (Lipinski definition) is 2. The van der Waals surface area contributed by atoms with Gasteiger partial charge in [0.25, 0.3) is 0 Å². The van der Waals surface area contributed by atoms with E-state index in [1.807, 2.05) is 49.4 Å². The van der Waals surface area contributed by atoms with Gasteiger partial charge in [-0.25, -0.2) is 9.18 Å². The lowest BCUT2D eigenvalue weighted by Crippen LogP contribution is -2.47. The molecule has 2 amide bonds. The van der Waals surface area contributed by atoms with E-state index in [-0.39, 0.29) is 17.9 Å². The fourth-order valence-corrected chi connectivity index (χ4v) is 3.60. The molecule has 0 aromatic heterocycles. The molecule has 0 bridgehead atoms. The Balaban J connectivity index is 1.20. The predicted molar refractivity (Wildman–Crippen MR) is 117 cm³/mol. The van der Waals surface area contributed by atoms with Crippen molar-refractivity contribution in [2.24, 2.45) is 0 Å². The quantitative estimate of drug-likeness (QED) is 0.604. The number of urea groups is 1. The predicted octanol–water partition coefficient (Wildman–Crippen LogP) is 4.77. The number of hydrogen-bond acceptors (Lipinski definition) is 3. The summed E-state index contributed by atoms with van der Waals surface area (Å²) in [5, 5.41) is 5.89. The van der Waals surface area contributed by atoms with E-state index in [9.17, 15) is 9.18 Å². The van der Waals surface area contributed by atoms with Crippen LogP contribution in [0.1, 0.15) is 16.7 Å². The summed E-state index contributed by atoms with van der Waals surface area (Å²) in [6, 6.07) is 19.4. The SMILES string of the molecule is Cc1cccc2c1OCC(NC(=O)NCCc1ccc(Oc3ccc(F)cc3)cc1)C2. The lowest BCUT2D eigenvalue weighted by atomic mass is 10.0. The lowest BCUT2D eigenvalue weighted by Gasteiger charge is -2.27. The Hall–Kier alpha value is -3.54. The van der Waals surface area contributed by atoms with Crippen molar-refractivity contribution in [1.82, 2.24) is 10.6 Å². The second kappa shape index (κ2) is 9.51. The third kappa shape index (κ3) is 5.54. The first-order valence-electron chi connectivity index (χ1n) is 10.3. The summed E-state index contributed by atoms with van der Waals surface area (Å²) in [4.78, 5) is 12.2. The van der Waals surface area contributed by atoms with Crippen molar-refractivity contribution in [2.45, 2.75) is 25.8 Å². The first-order valence-corrected chi connectivity index (χ1v) is 10.3. The summed E-state index contributed by atoms with van der Waals surface area (Å²) in [5.74, 6) is 1.90. The van der Waals surface area contributed by atoms with Crippen LogP contribution in [-0.4, -0.2) is 25.2 Å². The number of nitrogens with one attached hydrogen (secondary N) is 2. The third-order valence-electron chi connectivity index (χ3n) is 5.20. The van der Waals surface area contributed by atoms with Crippen molar-refractivity contribution < 1.29 is 18.7 Å². The van der Waals surface area contributed by atoms with E-state index in [1.54, 1.807) is 12.1 Å². The number of rotatable bonds is 6. The van der Waals surface area contributed by atoms with Gasteiger partial charge in [0, 0.05) is 6.54 Å². The molecule has 5 nitrogen and oxygen atoms in total. The highest BCUT2D eigenvalue weighted by Gasteiger charge is 2.22. The first-order chi connectivity index (χ1) is 15.1. The van der Waals surface area contributed by atoms with Gasteiger partial charge in [0.05, 0.1) is 6.04 Å². The Labute approximate surface area is 181 Å². The van der Waals surface area contributed by atoms with Crippen LogP contribution in [0.3, 0.4) is 0 Å². The van der Waals surface area contributed by atoms with E-state index < -0.39 is 0 Å². The van der Waals surface area contributed by atoms with Gasteiger partial charge < -0.3 is 20.1 Å². The number of aryl methyl sites for hydroxylation is 1. The van der Waals surface area contributed by atoms with Gasteiger partial charge >= 0.3 is 6.03 Å². The normalized spacial score (nSPS) is 14.8. The van der Waals surface area contributed by atoms with E-state index in [4.69, 9.17) is 9.47 Å². The van der Waals surface area contributed by atoms with Gasteiger partial charge in [-0.05, 0) is 72.9 Å². The molecule has 1 unspecified atom stereocenters. The summed E-state index contributed by atoms with van der Waals surface area (Å²) < 4.78 is 24.5. The number of benzene rings is 3. The fraction of sp³-hybridized carbons (Fsp3) is 0.240. The largest absolute Gasteiger partial charge is 0.491 e. The molecule has 3 aromatic carbocycles. The third-order valence-corrected chi connectivity index (χ3v) is 5.20. The van der Waals surface area contributed by atoms with Crippen molar-refractivity contribution in [2.75, 3.05) is 13.2 Å². The average Bonchev–Trinajstić information content (AvgIpc) is 2.77. The van der Waals surface area contributed by atoms with E-state index in [0.717, 1.165) is 28.9 Å². The molecule has 1 aliphatic heterocycles. The first kappa shape index (κ1) is 20.7. The van der Waals surface area contributed by atoms with Gasteiger partial charge in [0.2, 0.25) is 0 Å². The van der Waals surface area contributed by atoms with E-state index in [1.165, 1.54) is 12.1 Å². The summed E-state index contributed by atoms with van der Waals surface area (Å²) in [5.41, 5.74) is 3.33. The molecule has 1 atom stereocenters. The van der Waals surface area contributed by atoms with Crippen LogP contribution in [0.15, 0.2) is 66.7 Å². The number of carbonyl (C=O) groups is 1. The smallest absolute Gasteiger partial charge is 0.315 e. The monoisotopic (exact) mass is 420 g/mol. The highest BCUT2D eigenvalue weighted by Crippen LogP contribution is 2.28. The molecule has 6 heteroatoms. The molecule has 0 radical (unpaired) electrons. The van der Waals surface area contributed by atoms with Gasteiger partial charge in [0.1, 0.15) is 29.7 Å². The van der Waals surface area contributed by atoms with E-state index in [2.05, 4.69) is 10.6 Å². The molecular weight excluding hydrogens is 395 g/mol. The molecule has 31 heavy (non-hydrogen) atoms. The van der Waals surface area contributed by atoms with Crippen LogP contribution in [0.2, 0.25) is 0 Å². The molecule has 4 rings (SSSR count). The molecule has 0 aliphatic carbocycles. The van der Waals surface area contributed by atoms with Crippen molar-refractivity contribution >= 4 is 6.03 Å². The minimum absolute atomic E-state index is 0.0443. The van der Waals surface area contributed by atoms with Crippen LogP contribution in [0.4, 0.5) is 9.18 Å². The van der Waals surface area contributed by atoms with Crippen molar-refractivity contribution in [3.8, 4) is 17.2 Å². The van der Waals surface area contributed by atoms with Crippen LogP contribution in [-0.2, 0) is 12.8 Å². The molecule has 160 valence electrons. The topological polar surface area (TPSA) is 59.6 Å². The summed E-state index contributed by atoms with van der Waals surface area (Å²) in [6.45, 7) is 3.02. The second-order valence-corrected chi connectivity index (χ2v) is 7.63. The van der Waals surface area contributed by atoms with Crippen LogP contribution < -0.4 is 20.1 Å². The Morgan fingerprint density at radius 2 is 1.77 bits per heavy atom. The molecule has 2 N–H and O–H groups in total. The average molecular weight is 420 g/mol. The highest BCUT2D eigenvalue weighted by atomic mass is 19.1. The molecule has 1 heterocycles. The second-order valence-electron chi connectivity index (χ2n) is 7.63. The zero-order valence-corrected chi connectivity index (χ0v) is 17.4. The van der Waals surface area contributed by atoms with Crippen LogP contribution in [0, 0.1) is 12.7 Å². The lowest BCUT2D eigenvalue weighted by molar-refractivity contribution is 0.214. The number of halogens is 1. The molecule has 0 saturated heterocycles. The van der Waals surface area contributed by atoms with Crippen molar-refractivity contribution in [3.05, 3.63) is 89.2 Å². The Bertz CT molecular complexity index is 1040. The zero-order chi connectivity index (χ0) is 21.6. The van der Waals surface area contributed by atoms with Gasteiger partial charge in [-0.15, -0.1) is 0 Å². The maximum Gasteiger partial charge on any atom is 0.315 e.